The molecule has 0 aromatic rings. The van der Waals surface area contributed by atoms with Crippen LogP contribution in [0.1, 0.15) is 72.6 Å². The summed E-state index contributed by atoms with van der Waals surface area (Å²) in [6.45, 7) is 14.6. The van der Waals surface area contributed by atoms with Gasteiger partial charge in [0, 0.05) is 25.7 Å². The zero-order valence-corrected chi connectivity index (χ0v) is 15.0. The van der Waals surface area contributed by atoms with E-state index in [0.29, 0.717) is 11.5 Å². The molecule has 2 rings (SSSR count). The number of nitrogens with zero attached hydrogens (tertiary/aromatic N) is 1. The van der Waals surface area contributed by atoms with Crippen molar-refractivity contribution in [2.45, 2.75) is 78.7 Å². The highest BCUT2D eigenvalue weighted by Crippen LogP contribution is 2.40. The summed E-state index contributed by atoms with van der Waals surface area (Å²) in [5, 5.41) is 3.77. The lowest BCUT2D eigenvalue weighted by molar-refractivity contribution is 0.0755. The van der Waals surface area contributed by atoms with Gasteiger partial charge in [0.05, 0.1) is 0 Å². The first-order chi connectivity index (χ1) is 10.0. The van der Waals surface area contributed by atoms with Crippen molar-refractivity contribution in [3.63, 3.8) is 0 Å². The Morgan fingerprint density at radius 3 is 2.57 bits per heavy atom. The van der Waals surface area contributed by atoms with E-state index in [1.807, 2.05) is 0 Å². The van der Waals surface area contributed by atoms with Gasteiger partial charge in [0.15, 0.2) is 0 Å². The molecule has 2 aliphatic carbocycles. The first-order valence-corrected chi connectivity index (χ1v) is 9.49. The Hall–Kier alpha value is -0.0800. The number of nitrogens with one attached hydrogen (secondary N) is 1. The molecule has 2 heteroatoms. The normalized spacial score (nSPS) is 30.3. The molecule has 124 valence electrons. The summed E-state index contributed by atoms with van der Waals surface area (Å²) in [6.07, 6.45) is 10.0. The Bertz CT molecular complexity index is 298. The molecule has 2 saturated carbocycles. The smallest absolute Gasteiger partial charge is 0.00504 e. The molecule has 2 aliphatic rings. The Morgan fingerprint density at radius 2 is 2.00 bits per heavy atom. The molecule has 0 bridgehead atoms. The molecule has 0 heterocycles. The third-order valence-electron chi connectivity index (χ3n) is 5.38. The maximum atomic E-state index is 3.77. The quantitative estimate of drug-likeness (QED) is 0.682. The molecule has 21 heavy (non-hydrogen) atoms. The zero-order chi connectivity index (χ0) is 15.3. The van der Waals surface area contributed by atoms with Gasteiger partial charge in [0.1, 0.15) is 0 Å². The second-order valence-electron chi connectivity index (χ2n) is 8.42. The van der Waals surface area contributed by atoms with E-state index in [1.54, 1.807) is 0 Å². The van der Waals surface area contributed by atoms with Crippen molar-refractivity contribution in [2.75, 3.05) is 26.2 Å². The third-order valence-corrected chi connectivity index (χ3v) is 5.38. The number of hydrogen-bond donors (Lipinski definition) is 1. The van der Waals surface area contributed by atoms with E-state index >= 15 is 0 Å². The second kappa shape index (κ2) is 7.97. The standard InChI is InChI=1S/C19H38N2/c1-5-11-21(13-18-8-9-18)15-19(14-20-16(2)3)10-6-7-17(4)12-19/h16-18,20H,5-15H2,1-4H3. The van der Waals surface area contributed by atoms with Crippen LogP contribution in [0.3, 0.4) is 0 Å². The van der Waals surface area contributed by atoms with Crippen molar-refractivity contribution in [2.24, 2.45) is 17.3 Å². The minimum absolute atomic E-state index is 0.534. The van der Waals surface area contributed by atoms with Crippen LogP contribution in [0.2, 0.25) is 0 Å². The largest absolute Gasteiger partial charge is 0.314 e. The monoisotopic (exact) mass is 294 g/mol. The Kier molecular flexibility index (Phi) is 6.55. The molecular formula is C19H38N2. The molecule has 2 fully saturated rings. The van der Waals surface area contributed by atoms with Crippen LogP contribution < -0.4 is 5.32 Å². The maximum absolute atomic E-state index is 3.77. The molecule has 0 radical (unpaired) electrons. The summed E-state index contributed by atoms with van der Waals surface area (Å²) < 4.78 is 0. The Labute approximate surface area is 133 Å². The first kappa shape index (κ1) is 17.3. The van der Waals surface area contributed by atoms with E-state index in [-0.39, 0.29) is 0 Å². The highest BCUT2D eigenvalue weighted by Gasteiger charge is 2.37. The van der Waals surface area contributed by atoms with E-state index in [0.717, 1.165) is 11.8 Å². The molecule has 1 N–H and O–H groups in total. The predicted octanol–water partition coefficient (Wildman–Crippen LogP) is 4.30. The van der Waals surface area contributed by atoms with Crippen LogP contribution in [0.5, 0.6) is 0 Å². The van der Waals surface area contributed by atoms with Crippen LogP contribution in [-0.2, 0) is 0 Å². The minimum Gasteiger partial charge on any atom is -0.314 e. The Balaban J connectivity index is 1.97. The maximum Gasteiger partial charge on any atom is 0.00504 e. The van der Waals surface area contributed by atoms with Crippen LogP contribution in [0.4, 0.5) is 0 Å². The molecule has 0 amide bonds. The van der Waals surface area contributed by atoms with E-state index in [9.17, 15) is 0 Å². The van der Waals surface area contributed by atoms with Crippen molar-refractivity contribution >= 4 is 0 Å². The van der Waals surface area contributed by atoms with Crippen molar-refractivity contribution in [1.29, 1.82) is 0 Å². The lowest BCUT2D eigenvalue weighted by atomic mass is 9.69. The van der Waals surface area contributed by atoms with Crippen molar-refractivity contribution < 1.29 is 0 Å². The summed E-state index contributed by atoms with van der Waals surface area (Å²) in [6, 6.07) is 0.613. The molecule has 0 spiro atoms. The summed E-state index contributed by atoms with van der Waals surface area (Å²) in [4.78, 5) is 2.80. The third kappa shape index (κ3) is 5.90. The molecule has 2 atom stereocenters. The average molecular weight is 295 g/mol. The van der Waals surface area contributed by atoms with Crippen LogP contribution in [0.25, 0.3) is 0 Å². The highest BCUT2D eigenvalue weighted by atomic mass is 15.1. The number of rotatable bonds is 9. The second-order valence-corrected chi connectivity index (χ2v) is 8.42. The summed E-state index contributed by atoms with van der Waals surface area (Å²) in [5.41, 5.74) is 0.534. The van der Waals surface area contributed by atoms with Gasteiger partial charge in [0.25, 0.3) is 0 Å². The molecule has 2 unspecified atom stereocenters. The van der Waals surface area contributed by atoms with Gasteiger partial charge in [0.2, 0.25) is 0 Å². The molecule has 0 aromatic heterocycles. The van der Waals surface area contributed by atoms with Crippen LogP contribution in [-0.4, -0.2) is 37.1 Å². The molecule has 0 saturated heterocycles. The van der Waals surface area contributed by atoms with E-state index in [4.69, 9.17) is 0 Å². The predicted molar refractivity (Wildman–Crippen MR) is 92.7 cm³/mol. The summed E-state index contributed by atoms with van der Waals surface area (Å²) >= 11 is 0. The van der Waals surface area contributed by atoms with Crippen LogP contribution >= 0.6 is 0 Å². The molecule has 0 aromatic carbocycles. The van der Waals surface area contributed by atoms with E-state index in [1.165, 1.54) is 71.1 Å². The van der Waals surface area contributed by atoms with E-state index < -0.39 is 0 Å². The fourth-order valence-electron chi connectivity index (χ4n) is 4.24. The molecular weight excluding hydrogens is 256 g/mol. The molecule has 0 aliphatic heterocycles. The Morgan fingerprint density at radius 1 is 1.24 bits per heavy atom. The number of hydrogen-bond acceptors (Lipinski definition) is 2. The van der Waals surface area contributed by atoms with E-state index in [2.05, 4.69) is 37.9 Å². The highest BCUT2D eigenvalue weighted by molar-refractivity contribution is 4.91. The summed E-state index contributed by atoms with van der Waals surface area (Å²) in [5.74, 6) is 1.93. The van der Waals surface area contributed by atoms with Crippen LogP contribution in [0.15, 0.2) is 0 Å². The van der Waals surface area contributed by atoms with Crippen molar-refractivity contribution in [3.8, 4) is 0 Å². The topological polar surface area (TPSA) is 15.3 Å². The fraction of sp³-hybridized carbons (Fsp3) is 1.00. The van der Waals surface area contributed by atoms with Crippen molar-refractivity contribution in [3.05, 3.63) is 0 Å². The zero-order valence-electron chi connectivity index (χ0n) is 15.0. The SMILES string of the molecule is CCCN(CC1CC1)CC1(CNC(C)C)CCCC(C)C1. The first-order valence-electron chi connectivity index (χ1n) is 9.49. The minimum atomic E-state index is 0.534. The lowest BCUT2D eigenvalue weighted by Crippen LogP contribution is -2.48. The van der Waals surface area contributed by atoms with Gasteiger partial charge in [-0.2, -0.15) is 0 Å². The van der Waals surface area contributed by atoms with Gasteiger partial charge >= 0.3 is 0 Å². The summed E-state index contributed by atoms with van der Waals surface area (Å²) in [7, 11) is 0. The van der Waals surface area contributed by atoms with Gasteiger partial charge in [-0.15, -0.1) is 0 Å². The van der Waals surface area contributed by atoms with Gasteiger partial charge in [-0.25, -0.2) is 0 Å². The fourth-order valence-corrected chi connectivity index (χ4v) is 4.24. The van der Waals surface area contributed by atoms with Crippen LogP contribution in [0, 0.1) is 17.3 Å². The average Bonchev–Trinajstić information content (AvgIpc) is 3.21. The van der Waals surface area contributed by atoms with Gasteiger partial charge in [-0.3, -0.25) is 0 Å². The van der Waals surface area contributed by atoms with Crippen molar-refractivity contribution in [1.82, 2.24) is 10.2 Å². The molecule has 2 nitrogen and oxygen atoms in total. The van der Waals surface area contributed by atoms with Gasteiger partial charge < -0.3 is 10.2 Å². The lowest BCUT2D eigenvalue weighted by Gasteiger charge is -2.44. The van der Waals surface area contributed by atoms with Gasteiger partial charge in [-0.05, 0) is 55.9 Å². The van der Waals surface area contributed by atoms with Gasteiger partial charge in [-0.1, -0.05) is 40.5 Å².